The number of rotatable bonds is 9. The second-order valence-electron chi connectivity index (χ2n) is 4.51. The molecule has 2 unspecified atom stereocenters. The number of ether oxygens (including phenoxy) is 3. The van der Waals surface area contributed by atoms with Crippen LogP contribution in [0.3, 0.4) is 0 Å². The van der Waals surface area contributed by atoms with Gasteiger partial charge in [-0.05, 0) is 25.1 Å². The number of methoxy groups -OCH3 is 1. The maximum atomic E-state index is 11.1. The molecule has 0 bridgehead atoms. The number of carbonyl (C=O) groups is 1. The largest absolute Gasteiger partial charge is 0.490 e. The van der Waals surface area contributed by atoms with E-state index in [0.717, 1.165) is 0 Å². The Kier molecular flexibility index (Phi) is 7.66. The van der Waals surface area contributed by atoms with E-state index in [9.17, 15) is 9.90 Å². The van der Waals surface area contributed by atoms with E-state index in [4.69, 9.17) is 19.3 Å². The number of aliphatic hydroxyl groups excluding tert-OH is 1. The van der Waals surface area contributed by atoms with E-state index in [1.807, 2.05) is 6.92 Å². The van der Waals surface area contributed by atoms with Gasteiger partial charge < -0.3 is 24.4 Å². The average Bonchev–Trinajstić information content (AvgIpc) is 2.43. The van der Waals surface area contributed by atoms with Crippen molar-refractivity contribution in [1.29, 1.82) is 0 Å². The van der Waals surface area contributed by atoms with Crippen LogP contribution in [0.25, 0.3) is 0 Å². The predicted molar refractivity (Wildman–Crippen MR) is 79.9 cm³/mol. The second kappa shape index (κ2) is 8.99. The van der Waals surface area contributed by atoms with Gasteiger partial charge in [-0.15, -0.1) is 0 Å². The summed E-state index contributed by atoms with van der Waals surface area (Å²) in [7, 11) is 1.57. The Morgan fingerprint density at radius 3 is 2.67 bits per heavy atom. The Labute approximate surface area is 131 Å². The number of aromatic carboxylic acids is 1. The number of hydrogen-bond acceptors (Lipinski definition) is 5. The lowest BCUT2D eigenvalue weighted by molar-refractivity contribution is -0.0423. The third-order valence-electron chi connectivity index (χ3n) is 2.58. The molecule has 0 amide bonds. The van der Waals surface area contributed by atoms with E-state index >= 15 is 0 Å². The SMILES string of the molecule is COCC(C)OCC(O)COc1cc(Br)ccc1C(=O)O. The molecule has 0 saturated heterocycles. The van der Waals surface area contributed by atoms with Gasteiger partial charge in [0.25, 0.3) is 0 Å². The monoisotopic (exact) mass is 362 g/mol. The number of aliphatic hydroxyl groups is 1. The molecule has 2 atom stereocenters. The van der Waals surface area contributed by atoms with Crippen LogP contribution in [-0.2, 0) is 9.47 Å². The molecule has 1 aromatic rings. The van der Waals surface area contributed by atoms with E-state index < -0.39 is 12.1 Å². The van der Waals surface area contributed by atoms with Crippen molar-refractivity contribution in [2.75, 3.05) is 26.9 Å². The molecule has 0 fully saturated rings. The van der Waals surface area contributed by atoms with Crippen molar-refractivity contribution in [1.82, 2.24) is 0 Å². The lowest BCUT2D eigenvalue weighted by Gasteiger charge is -2.17. The first-order chi connectivity index (χ1) is 9.93. The van der Waals surface area contributed by atoms with Crippen LogP contribution in [0.4, 0.5) is 0 Å². The molecular weight excluding hydrogens is 344 g/mol. The quantitative estimate of drug-likeness (QED) is 0.698. The molecule has 2 N–H and O–H groups in total. The van der Waals surface area contributed by atoms with Crippen molar-refractivity contribution >= 4 is 21.9 Å². The van der Waals surface area contributed by atoms with Gasteiger partial charge in [0.2, 0.25) is 0 Å². The zero-order valence-corrected chi connectivity index (χ0v) is 13.5. The third kappa shape index (κ3) is 6.43. The summed E-state index contributed by atoms with van der Waals surface area (Å²) in [6.07, 6.45) is -0.991. The highest BCUT2D eigenvalue weighted by Crippen LogP contribution is 2.24. The molecule has 6 nitrogen and oxygen atoms in total. The second-order valence-corrected chi connectivity index (χ2v) is 5.43. The van der Waals surface area contributed by atoms with Crippen molar-refractivity contribution in [2.45, 2.75) is 19.1 Å². The molecule has 21 heavy (non-hydrogen) atoms. The number of halogens is 1. The minimum atomic E-state index is -1.09. The third-order valence-corrected chi connectivity index (χ3v) is 3.07. The Bertz CT molecular complexity index is 465. The lowest BCUT2D eigenvalue weighted by Crippen LogP contribution is -2.27. The van der Waals surface area contributed by atoms with E-state index in [-0.39, 0.29) is 30.6 Å². The first kappa shape index (κ1) is 17.9. The summed E-state index contributed by atoms with van der Waals surface area (Å²) >= 11 is 3.25. The zero-order chi connectivity index (χ0) is 15.8. The molecule has 0 radical (unpaired) electrons. The molecule has 118 valence electrons. The van der Waals surface area contributed by atoms with Gasteiger partial charge in [-0.2, -0.15) is 0 Å². The van der Waals surface area contributed by atoms with Crippen LogP contribution in [-0.4, -0.2) is 55.3 Å². The molecule has 1 rings (SSSR count). The topological polar surface area (TPSA) is 85.2 Å². The van der Waals surface area contributed by atoms with Gasteiger partial charge in [-0.25, -0.2) is 4.79 Å². The highest BCUT2D eigenvalue weighted by atomic mass is 79.9. The van der Waals surface area contributed by atoms with Crippen LogP contribution >= 0.6 is 15.9 Å². The molecule has 0 aromatic heterocycles. The van der Waals surface area contributed by atoms with Gasteiger partial charge in [-0.3, -0.25) is 0 Å². The summed E-state index contributed by atoms with van der Waals surface area (Å²) in [5.74, 6) is -0.891. The van der Waals surface area contributed by atoms with Crippen molar-refractivity contribution < 1.29 is 29.2 Å². The minimum absolute atomic E-state index is 0.0408. The normalized spacial score (nSPS) is 13.7. The van der Waals surface area contributed by atoms with Crippen molar-refractivity contribution in [2.24, 2.45) is 0 Å². The van der Waals surface area contributed by atoms with Crippen LogP contribution < -0.4 is 4.74 Å². The number of benzene rings is 1. The van der Waals surface area contributed by atoms with Crippen molar-refractivity contribution in [3.05, 3.63) is 28.2 Å². The molecule has 0 spiro atoms. The highest BCUT2D eigenvalue weighted by Gasteiger charge is 2.14. The van der Waals surface area contributed by atoms with Crippen LogP contribution in [0.5, 0.6) is 5.75 Å². The fraction of sp³-hybridized carbons (Fsp3) is 0.500. The summed E-state index contributed by atoms with van der Waals surface area (Å²) in [4.78, 5) is 11.1. The highest BCUT2D eigenvalue weighted by molar-refractivity contribution is 9.10. The molecular formula is C14H19BrO6. The van der Waals surface area contributed by atoms with Crippen LogP contribution in [0.2, 0.25) is 0 Å². The molecule has 0 saturated carbocycles. The Morgan fingerprint density at radius 1 is 1.33 bits per heavy atom. The molecule has 0 aliphatic carbocycles. The standard InChI is InChI=1S/C14H19BrO6/c1-9(6-19-2)20-7-11(16)8-21-13-5-10(15)3-4-12(13)14(17)18/h3-5,9,11,16H,6-8H2,1-2H3,(H,17,18). The van der Waals surface area contributed by atoms with Gasteiger partial charge in [0.15, 0.2) is 0 Å². The van der Waals surface area contributed by atoms with Crippen LogP contribution in [0.15, 0.2) is 22.7 Å². The first-order valence-electron chi connectivity index (χ1n) is 6.38. The molecule has 0 aliphatic heterocycles. The van der Waals surface area contributed by atoms with Gasteiger partial charge in [0.1, 0.15) is 24.0 Å². The average molecular weight is 363 g/mol. The van der Waals surface area contributed by atoms with E-state index in [1.165, 1.54) is 6.07 Å². The first-order valence-corrected chi connectivity index (χ1v) is 7.17. The van der Waals surface area contributed by atoms with Gasteiger partial charge in [0.05, 0.1) is 19.3 Å². The maximum Gasteiger partial charge on any atom is 0.339 e. The Morgan fingerprint density at radius 2 is 2.05 bits per heavy atom. The van der Waals surface area contributed by atoms with Crippen LogP contribution in [0.1, 0.15) is 17.3 Å². The fourth-order valence-corrected chi connectivity index (χ4v) is 1.92. The molecule has 0 aliphatic rings. The van der Waals surface area contributed by atoms with E-state index in [1.54, 1.807) is 19.2 Å². The molecule has 7 heteroatoms. The summed E-state index contributed by atoms with van der Waals surface area (Å²) in [6.45, 7) is 2.29. The Balaban J connectivity index is 2.51. The smallest absolute Gasteiger partial charge is 0.339 e. The van der Waals surface area contributed by atoms with Gasteiger partial charge >= 0.3 is 5.97 Å². The lowest BCUT2D eigenvalue weighted by atomic mass is 10.2. The maximum absolute atomic E-state index is 11.1. The number of carboxylic acids is 1. The minimum Gasteiger partial charge on any atom is -0.490 e. The summed E-state index contributed by atoms with van der Waals surface area (Å²) < 4.78 is 16.3. The number of carboxylic acid groups (broad SMARTS) is 1. The van der Waals surface area contributed by atoms with Gasteiger partial charge in [0, 0.05) is 11.6 Å². The fourth-order valence-electron chi connectivity index (χ4n) is 1.58. The zero-order valence-electron chi connectivity index (χ0n) is 11.9. The Hall–Kier alpha value is -1.15. The van der Waals surface area contributed by atoms with Crippen molar-refractivity contribution in [3.63, 3.8) is 0 Å². The summed E-state index contributed by atoms with van der Waals surface area (Å²) in [6, 6.07) is 4.60. The van der Waals surface area contributed by atoms with Gasteiger partial charge in [-0.1, -0.05) is 15.9 Å². The van der Waals surface area contributed by atoms with Crippen molar-refractivity contribution in [3.8, 4) is 5.75 Å². The van der Waals surface area contributed by atoms with E-state index in [2.05, 4.69) is 15.9 Å². The molecule has 1 aromatic carbocycles. The summed E-state index contributed by atoms with van der Waals surface area (Å²) in [5, 5.41) is 18.8. The number of hydrogen-bond donors (Lipinski definition) is 2. The van der Waals surface area contributed by atoms with E-state index in [0.29, 0.717) is 11.1 Å². The summed E-state index contributed by atoms with van der Waals surface area (Å²) in [5.41, 5.74) is 0.0408. The predicted octanol–water partition coefficient (Wildman–Crippen LogP) is 1.94. The molecule has 0 heterocycles. The van der Waals surface area contributed by atoms with Crippen LogP contribution in [0, 0.1) is 0 Å².